The van der Waals surface area contributed by atoms with Gasteiger partial charge in [0.25, 0.3) is 0 Å². The summed E-state index contributed by atoms with van der Waals surface area (Å²) in [4.78, 5) is 0. The Bertz CT molecular complexity index is 196. The van der Waals surface area contributed by atoms with Crippen molar-refractivity contribution in [1.29, 1.82) is 5.26 Å². The summed E-state index contributed by atoms with van der Waals surface area (Å²) >= 11 is 0. The first-order chi connectivity index (χ1) is 7.02. The predicted molar refractivity (Wildman–Crippen MR) is 62.6 cm³/mol. The van der Waals surface area contributed by atoms with E-state index in [-0.39, 0.29) is 11.5 Å². The van der Waals surface area contributed by atoms with E-state index < -0.39 is 0 Å². The minimum absolute atomic E-state index is 0.196. The molecule has 0 aliphatic carbocycles. The van der Waals surface area contributed by atoms with Gasteiger partial charge in [-0.15, -0.1) is 0 Å². The van der Waals surface area contributed by atoms with Crippen molar-refractivity contribution >= 4 is 0 Å². The van der Waals surface area contributed by atoms with Crippen LogP contribution in [0.25, 0.3) is 0 Å². The monoisotopic (exact) mass is 212 g/mol. The molecule has 0 spiro atoms. The number of nitriles is 1. The molecule has 1 atom stereocenters. The molecule has 0 aromatic heterocycles. The largest absolute Gasteiger partial charge is 0.377 e. The molecule has 15 heavy (non-hydrogen) atoms. The van der Waals surface area contributed by atoms with Crippen molar-refractivity contribution in [3.8, 4) is 6.07 Å². The summed E-state index contributed by atoms with van der Waals surface area (Å²) in [5.41, 5.74) is 0.196. The Kier molecular flexibility index (Phi) is 7.37. The van der Waals surface area contributed by atoms with Crippen molar-refractivity contribution < 1.29 is 4.74 Å². The van der Waals surface area contributed by atoms with Crippen molar-refractivity contribution in [2.24, 2.45) is 5.41 Å². The zero-order valence-corrected chi connectivity index (χ0v) is 10.5. The first-order valence-electron chi connectivity index (χ1n) is 5.71. The van der Waals surface area contributed by atoms with Crippen LogP contribution in [0.4, 0.5) is 0 Å². The SMILES string of the molecule is CCOC(C)CNCC(C)(C)CCC#N. The lowest BCUT2D eigenvalue weighted by atomic mass is 9.88. The van der Waals surface area contributed by atoms with Gasteiger partial charge in [-0.2, -0.15) is 5.26 Å². The molecule has 0 amide bonds. The predicted octanol–water partition coefficient (Wildman–Crippen LogP) is 2.33. The van der Waals surface area contributed by atoms with Crippen LogP contribution in [0.3, 0.4) is 0 Å². The van der Waals surface area contributed by atoms with E-state index in [2.05, 4.69) is 32.2 Å². The Hall–Kier alpha value is -0.590. The van der Waals surface area contributed by atoms with Crippen LogP contribution in [-0.2, 0) is 4.74 Å². The molecule has 0 bridgehead atoms. The van der Waals surface area contributed by atoms with E-state index in [1.54, 1.807) is 0 Å². The highest BCUT2D eigenvalue weighted by molar-refractivity contribution is 4.79. The highest BCUT2D eigenvalue weighted by atomic mass is 16.5. The molecule has 0 aliphatic rings. The Balaban J connectivity index is 3.61. The minimum Gasteiger partial charge on any atom is -0.377 e. The zero-order chi connectivity index (χ0) is 11.7. The number of nitrogens with zero attached hydrogens (tertiary/aromatic N) is 1. The van der Waals surface area contributed by atoms with E-state index in [1.807, 2.05) is 6.92 Å². The van der Waals surface area contributed by atoms with Crippen LogP contribution in [-0.4, -0.2) is 25.8 Å². The molecule has 1 N–H and O–H groups in total. The Morgan fingerprint density at radius 3 is 2.67 bits per heavy atom. The molecule has 0 aromatic carbocycles. The fraction of sp³-hybridized carbons (Fsp3) is 0.917. The van der Waals surface area contributed by atoms with Crippen LogP contribution < -0.4 is 5.32 Å². The van der Waals surface area contributed by atoms with E-state index in [9.17, 15) is 0 Å². The van der Waals surface area contributed by atoms with Crippen LogP contribution in [0.15, 0.2) is 0 Å². The maximum Gasteiger partial charge on any atom is 0.0671 e. The summed E-state index contributed by atoms with van der Waals surface area (Å²) in [5, 5.41) is 11.9. The van der Waals surface area contributed by atoms with Gasteiger partial charge in [0, 0.05) is 26.1 Å². The number of hydrogen-bond donors (Lipinski definition) is 1. The van der Waals surface area contributed by atoms with Crippen molar-refractivity contribution in [1.82, 2.24) is 5.32 Å². The molecule has 3 nitrogen and oxygen atoms in total. The zero-order valence-electron chi connectivity index (χ0n) is 10.5. The number of ether oxygens (including phenoxy) is 1. The third-order valence-corrected chi connectivity index (χ3v) is 2.40. The second kappa shape index (κ2) is 7.67. The highest BCUT2D eigenvalue weighted by Crippen LogP contribution is 2.20. The number of hydrogen-bond acceptors (Lipinski definition) is 3. The molecule has 0 saturated heterocycles. The van der Waals surface area contributed by atoms with Gasteiger partial charge < -0.3 is 10.1 Å². The molecule has 1 unspecified atom stereocenters. The topological polar surface area (TPSA) is 45.0 Å². The summed E-state index contributed by atoms with van der Waals surface area (Å²) in [5.74, 6) is 0. The van der Waals surface area contributed by atoms with Gasteiger partial charge in [0.15, 0.2) is 0 Å². The van der Waals surface area contributed by atoms with E-state index in [1.165, 1.54) is 0 Å². The molecule has 0 radical (unpaired) electrons. The van der Waals surface area contributed by atoms with Gasteiger partial charge >= 0.3 is 0 Å². The molecule has 3 heteroatoms. The maximum atomic E-state index is 8.52. The molecular weight excluding hydrogens is 188 g/mol. The smallest absolute Gasteiger partial charge is 0.0671 e. The fourth-order valence-corrected chi connectivity index (χ4v) is 1.44. The van der Waals surface area contributed by atoms with Gasteiger partial charge in [-0.1, -0.05) is 13.8 Å². The second-order valence-electron chi connectivity index (χ2n) is 4.72. The average Bonchev–Trinajstić information content (AvgIpc) is 2.15. The van der Waals surface area contributed by atoms with Crippen LogP contribution in [0.1, 0.15) is 40.5 Å². The lowest BCUT2D eigenvalue weighted by Gasteiger charge is -2.24. The van der Waals surface area contributed by atoms with Crippen molar-refractivity contribution in [3.63, 3.8) is 0 Å². The molecule has 0 saturated carbocycles. The van der Waals surface area contributed by atoms with Crippen LogP contribution in [0.5, 0.6) is 0 Å². The second-order valence-corrected chi connectivity index (χ2v) is 4.72. The first kappa shape index (κ1) is 14.4. The van der Waals surface area contributed by atoms with E-state index in [0.29, 0.717) is 6.42 Å². The third kappa shape index (κ3) is 8.41. The molecule has 0 aromatic rings. The van der Waals surface area contributed by atoms with Gasteiger partial charge in [0.2, 0.25) is 0 Å². The summed E-state index contributed by atoms with van der Waals surface area (Å²) in [6.45, 7) is 11.0. The summed E-state index contributed by atoms with van der Waals surface area (Å²) < 4.78 is 5.42. The van der Waals surface area contributed by atoms with Crippen molar-refractivity contribution in [2.45, 2.75) is 46.6 Å². The fourth-order valence-electron chi connectivity index (χ4n) is 1.44. The normalized spacial score (nSPS) is 13.5. The summed E-state index contributed by atoms with van der Waals surface area (Å²) in [7, 11) is 0. The van der Waals surface area contributed by atoms with Crippen molar-refractivity contribution in [2.75, 3.05) is 19.7 Å². The lowest BCUT2D eigenvalue weighted by Crippen LogP contribution is -2.34. The highest BCUT2D eigenvalue weighted by Gasteiger charge is 2.16. The van der Waals surface area contributed by atoms with Gasteiger partial charge in [-0.25, -0.2) is 0 Å². The summed E-state index contributed by atoms with van der Waals surface area (Å²) in [6, 6.07) is 2.19. The first-order valence-corrected chi connectivity index (χ1v) is 5.71. The molecule has 0 fully saturated rings. The van der Waals surface area contributed by atoms with Crippen molar-refractivity contribution in [3.05, 3.63) is 0 Å². The average molecular weight is 212 g/mol. The molecular formula is C12H24N2O. The number of nitrogens with one attached hydrogen (secondary N) is 1. The molecule has 0 rings (SSSR count). The Morgan fingerprint density at radius 2 is 2.13 bits per heavy atom. The maximum absolute atomic E-state index is 8.52. The van der Waals surface area contributed by atoms with E-state index in [4.69, 9.17) is 10.00 Å². The van der Waals surface area contributed by atoms with Gasteiger partial charge in [0.1, 0.15) is 0 Å². The van der Waals surface area contributed by atoms with Gasteiger partial charge in [0.05, 0.1) is 12.2 Å². The molecule has 0 heterocycles. The third-order valence-electron chi connectivity index (χ3n) is 2.40. The van der Waals surface area contributed by atoms with E-state index in [0.717, 1.165) is 26.1 Å². The quantitative estimate of drug-likeness (QED) is 0.671. The standard InChI is InChI=1S/C12H24N2O/c1-5-15-11(2)9-14-10-12(3,4)7-6-8-13/h11,14H,5-7,9-10H2,1-4H3. The van der Waals surface area contributed by atoms with E-state index >= 15 is 0 Å². The Labute approximate surface area is 93.8 Å². The molecule has 0 aliphatic heterocycles. The van der Waals surface area contributed by atoms with Crippen LogP contribution in [0.2, 0.25) is 0 Å². The summed E-state index contributed by atoms with van der Waals surface area (Å²) in [6.07, 6.45) is 1.84. The van der Waals surface area contributed by atoms with Crippen LogP contribution >= 0.6 is 0 Å². The van der Waals surface area contributed by atoms with Gasteiger partial charge in [-0.3, -0.25) is 0 Å². The molecule has 88 valence electrons. The van der Waals surface area contributed by atoms with Gasteiger partial charge in [-0.05, 0) is 25.7 Å². The van der Waals surface area contributed by atoms with Crippen LogP contribution in [0, 0.1) is 16.7 Å². The lowest BCUT2D eigenvalue weighted by molar-refractivity contribution is 0.0740. The minimum atomic E-state index is 0.196. The Morgan fingerprint density at radius 1 is 1.47 bits per heavy atom. The number of rotatable bonds is 8.